The van der Waals surface area contributed by atoms with Gasteiger partial charge in [-0.3, -0.25) is 4.99 Å². The Kier molecular flexibility index (Phi) is 9.54. The van der Waals surface area contributed by atoms with Gasteiger partial charge in [0.1, 0.15) is 0 Å². The van der Waals surface area contributed by atoms with Gasteiger partial charge in [-0.25, -0.2) is 13.8 Å². The van der Waals surface area contributed by atoms with Crippen LogP contribution in [0, 0.1) is 24.5 Å². The zero-order valence-electron chi connectivity index (χ0n) is 16.8. The van der Waals surface area contributed by atoms with Gasteiger partial charge in [0.15, 0.2) is 17.6 Å². The molecule has 1 aromatic heterocycles. The average molecular weight is 535 g/mol. The highest BCUT2D eigenvalue weighted by molar-refractivity contribution is 14.0. The van der Waals surface area contributed by atoms with Crippen molar-refractivity contribution < 1.29 is 8.78 Å². The summed E-state index contributed by atoms with van der Waals surface area (Å²) in [7, 11) is 0. The van der Waals surface area contributed by atoms with Gasteiger partial charge in [-0.15, -0.1) is 35.3 Å². The molecule has 1 aliphatic rings. The van der Waals surface area contributed by atoms with Crippen LogP contribution in [0.25, 0.3) is 0 Å². The van der Waals surface area contributed by atoms with E-state index in [1.165, 1.54) is 17.0 Å². The molecule has 1 fully saturated rings. The van der Waals surface area contributed by atoms with Crippen molar-refractivity contribution in [3.63, 3.8) is 0 Å². The smallest absolute Gasteiger partial charge is 0.191 e. The first kappa shape index (κ1) is 23.8. The third-order valence-electron chi connectivity index (χ3n) is 4.71. The Hall–Kier alpha value is -1.49. The Morgan fingerprint density at radius 1 is 1.31 bits per heavy atom. The summed E-state index contributed by atoms with van der Waals surface area (Å²) < 4.78 is 26.6. The Bertz CT molecular complexity index is 814. The van der Waals surface area contributed by atoms with Crippen molar-refractivity contribution in [3.05, 3.63) is 45.9 Å². The van der Waals surface area contributed by atoms with Crippen molar-refractivity contribution in [1.29, 1.82) is 0 Å². The molecule has 160 valence electrons. The quantitative estimate of drug-likeness (QED) is 0.320. The van der Waals surface area contributed by atoms with Gasteiger partial charge in [-0.1, -0.05) is 0 Å². The van der Waals surface area contributed by atoms with Crippen molar-refractivity contribution in [3.8, 4) is 0 Å². The summed E-state index contributed by atoms with van der Waals surface area (Å²) in [4.78, 5) is 12.4. The van der Waals surface area contributed by atoms with Crippen LogP contribution in [0.3, 0.4) is 0 Å². The van der Waals surface area contributed by atoms with E-state index in [4.69, 9.17) is 4.99 Å². The van der Waals surface area contributed by atoms with Crippen LogP contribution < -0.4 is 15.5 Å². The van der Waals surface area contributed by atoms with E-state index in [1.807, 2.05) is 13.1 Å². The van der Waals surface area contributed by atoms with Gasteiger partial charge in [0.05, 0.1) is 5.01 Å². The van der Waals surface area contributed by atoms with Crippen LogP contribution in [-0.4, -0.2) is 43.7 Å². The Balaban J connectivity index is 0.00000300. The highest BCUT2D eigenvalue weighted by Gasteiger charge is 2.23. The minimum Gasteiger partial charge on any atom is -0.371 e. The highest BCUT2D eigenvalue weighted by Crippen LogP contribution is 2.25. The first-order valence-corrected chi connectivity index (χ1v) is 10.5. The van der Waals surface area contributed by atoms with E-state index >= 15 is 0 Å². The number of rotatable bonds is 7. The Labute approximate surface area is 192 Å². The molecule has 29 heavy (non-hydrogen) atoms. The minimum absolute atomic E-state index is 0. The molecule has 1 saturated heterocycles. The van der Waals surface area contributed by atoms with Crippen molar-refractivity contribution >= 4 is 47.0 Å². The second-order valence-electron chi connectivity index (χ2n) is 6.96. The van der Waals surface area contributed by atoms with E-state index < -0.39 is 11.6 Å². The molecular weight excluding hydrogens is 507 g/mol. The molecule has 2 N–H and O–H groups in total. The number of benzene rings is 1. The van der Waals surface area contributed by atoms with Gasteiger partial charge in [-0.05, 0) is 38.3 Å². The van der Waals surface area contributed by atoms with Crippen LogP contribution in [0.2, 0.25) is 0 Å². The van der Waals surface area contributed by atoms with E-state index in [0.29, 0.717) is 12.5 Å². The van der Waals surface area contributed by atoms with E-state index in [1.54, 1.807) is 17.4 Å². The molecule has 0 spiro atoms. The number of thiazole rings is 1. The van der Waals surface area contributed by atoms with Crippen molar-refractivity contribution in [2.45, 2.75) is 26.7 Å². The van der Waals surface area contributed by atoms with Crippen LogP contribution in [0.15, 0.2) is 29.4 Å². The normalized spacial score (nSPS) is 16.6. The monoisotopic (exact) mass is 535 g/mol. The number of aromatic nitrogens is 1. The van der Waals surface area contributed by atoms with Crippen LogP contribution in [0.4, 0.5) is 14.5 Å². The SMILES string of the molecule is CCNC(=NCC1CCN(c2ccc(F)c(F)c2)C1)NCCc1ncc(C)s1.I. The highest BCUT2D eigenvalue weighted by atomic mass is 127. The van der Waals surface area contributed by atoms with Gasteiger partial charge in [0.2, 0.25) is 0 Å². The largest absolute Gasteiger partial charge is 0.371 e. The summed E-state index contributed by atoms with van der Waals surface area (Å²) >= 11 is 1.72. The molecule has 1 aliphatic heterocycles. The van der Waals surface area contributed by atoms with Crippen molar-refractivity contribution in [1.82, 2.24) is 15.6 Å². The van der Waals surface area contributed by atoms with Crippen molar-refractivity contribution in [2.75, 3.05) is 37.6 Å². The third kappa shape index (κ3) is 7.06. The maximum Gasteiger partial charge on any atom is 0.191 e. The van der Waals surface area contributed by atoms with E-state index in [0.717, 1.165) is 55.7 Å². The first-order valence-electron chi connectivity index (χ1n) is 9.68. The average Bonchev–Trinajstić information content (AvgIpc) is 3.31. The predicted octanol–water partition coefficient (Wildman–Crippen LogP) is 3.97. The molecular formula is C20H28F2IN5S. The molecule has 2 heterocycles. The van der Waals surface area contributed by atoms with E-state index in [9.17, 15) is 8.78 Å². The number of aryl methyl sites for hydroxylation is 1. The van der Waals surface area contributed by atoms with Gasteiger partial charge >= 0.3 is 0 Å². The number of hydrogen-bond acceptors (Lipinski definition) is 4. The van der Waals surface area contributed by atoms with Gasteiger partial charge < -0.3 is 15.5 Å². The molecule has 9 heteroatoms. The molecule has 0 bridgehead atoms. The molecule has 1 aromatic carbocycles. The summed E-state index contributed by atoms with van der Waals surface area (Å²) in [6, 6.07) is 4.09. The number of halogens is 3. The fourth-order valence-corrected chi connectivity index (χ4v) is 4.05. The number of guanidine groups is 1. The summed E-state index contributed by atoms with van der Waals surface area (Å²) in [6.07, 6.45) is 3.76. The lowest BCUT2D eigenvalue weighted by atomic mass is 10.1. The lowest BCUT2D eigenvalue weighted by molar-refractivity contribution is 0.508. The molecule has 2 aromatic rings. The van der Waals surface area contributed by atoms with Crippen molar-refractivity contribution in [2.24, 2.45) is 10.9 Å². The second kappa shape index (κ2) is 11.6. The van der Waals surface area contributed by atoms with Gasteiger partial charge in [0.25, 0.3) is 0 Å². The summed E-state index contributed by atoms with van der Waals surface area (Å²) in [5.74, 6) is -0.404. The molecule has 0 saturated carbocycles. The standard InChI is InChI=1S/C20H27F2N5S.HI/c1-3-23-20(24-8-6-19-25-11-14(2)28-19)26-12-15-7-9-27(13-15)16-4-5-17(21)18(22)10-16;/h4-5,10-11,15H,3,6-9,12-13H2,1-2H3,(H2,23,24,26);1H. The van der Waals surface area contributed by atoms with E-state index in [2.05, 4.69) is 27.4 Å². The summed E-state index contributed by atoms with van der Waals surface area (Å²) in [5.41, 5.74) is 0.731. The van der Waals surface area contributed by atoms with Crippen LogP contribution in [0.1, 0.15) is 23.2 Å². The van der Waals surface area contributed by atoms with Crippen LogP contribution in [0.5, 0.6) is 0 Å². The zero-order valence-corrected chi connectivity index (χ0v) is 19.9. The number of nitrogens with one attached hydrogen (secondary N) is 2. The second-order valence-corrected chi connectivity index (χ2v) is 8.28. The molecule has 1 atom stereocenters. The topological polar surface area (TPSA) is 52.6 Å². The lowest BCUT2D eigenvalue weighted by Crippen LogP contribution is -2.38. The maximum absolute atomic E-state index is 13.5. The number of hydrogen-bond donors (Lipinski definition) is 2. The fraction of sp³-hybridized carbons (Fsp3) is 0.500. The fourth-order valence-electron chi connectivity index (χ4n) is 3.26. The minimum atomic E-state index is -0.807. The molecule has 0 amide bonds. The Morgan fingerprint density at radius 2 is 2.14 bits per heavy atom. The molecule has 0 aliphatic carbocycles. The molecule has 3 rings (SSSR count). The Morgan fingerprint density at radius 3 is 2.83 bits per heavy atom. The maximum atomic E-state index is 13.5. The number of anilines is 1. The van der Waals surface area contributed by atoms with Gasteiger partial charge in [-0.2, -0.15) is 0 Å². The van der Waals surface area contributed by atoms with Crippen LogP contribution >= 0.6 is 35.3 Å². The molecule has 0 radical (unpaired) electrons. The third-order valence-corrected chi connectivity index (χ3v) is 5.68. The predicted molar refractivity (Wildman–Crippen MR) is 127 cm³/mol. The summed E-state index contributed by atoms with van der Waals surface area (Å²) in [5, 5.41) is 7.76. The molecule has 5 nitrogen and oxygen atoms in total. The zero-order chi connectivity index (χ0) is 19.9. The summed E-state index contributed by atoms with van der Waals surface area (Å²) in [6.45, 7) is 8.02. The lowest BCUT2D eigenvalue weighted by Gasteiger charge is -2.18. The van der Waals surface area contributed by atoms with E-state index in [-0.39, 0.29) is 24.0 Å². The molecule has 1 unspecified atom stereocenters. The first-order chi connectivity index (χ1) is 13.5. The number of nitrogens with zero attached hydrogens (tertiary/aromatic N) is 3. The number of aliphatic imine (C=N–C) groups is 1. The van der Waals surface area contributed by atoms with Gasteiger partial charge in [0, 0.05) is 62.0 Å². The van der Waals surface area contributed by atoms with Crippen LogP contribution in [-0.2, 0) is 6.42 Å².